The molecule has 0 heterocycles. The van der Waals surface area contributed by atoms with Gasteiger partial charge in [-0.25, -0.2) is 8.42 Å². The fourth-order valence-electron chi connectivity index (χ4n) is 3.06. The van der Waals surface area contributed by atoms with E-state index in [0.29, 0.717) is 18.9 Å². The molecule has 30 heavy (non-hydrogen) atoms. The first-order chi connectivity index (χ1) is 14.4. The van der Waals surface area contributed by atoms with Crippen molar-refractivity contribution >= 4 is 15.8 Å². The number of aliphatic imine (C=N–C) groups is 1. The van der Waals surface area contributed by atoms with Crippen LogP contribution in [0.1, 0.15) is 30.0 Å². The summed E-state index contributed by atoms with van der Waals surface area (Å²) in [5.74, 6) is 1.81. The Balaban J connectivity index is 1.79. The number of guanidine groups is 1. The zero-order valence-corrected chi connectivity index (χ0v) is 19.0. The molecule has 0 atom stereocenters. The van der Waals surface area contributed by atoms with Crippen molar-refractivity contribution in [1.29, 1.82) is 0 Å². The van der Waals surface area contributed by atoms with Crippen LogP contribution in [0.3, 0.4) is 0 Å². The van der Waals surface area contributed by atoms with Crippen LogP contribution in [-0.2, 0) is 22.0 Å². The number of nitrogens with zero attached hydrogens (tertiary/aromatic N) is 1. The van der Waals surface area contributed by atoms with Crippen LogP contribution >= 0.6 is 0 Å². The summed E-state index contributed by atoms with van der Waals surface area (Å²) >= 11 is 0. The lowest BCUT2D eigenvalue weighted by atomic mass is 10.1. The van der Waals surface area contributed by atoms with Gasteiger partial charge >= 0.3 is 0 Å². The van der Waals surface area contributed by atoms with Crippen LogP contribution in [0.4, 0.5) is 0 Å². The molecular formula is C23H33N3O3S. The third-order valence-corrected chi connectivity index (χ3v) is 6.32. The molecule has 0 saturated heterocycles. The molecule has 0 unspecified atom stereocenters. The molecule has 2 aromatic rings. The Bertz CT molecular complexity index is 913. The van der Waals surface area contributed by atoms with Gasteiger partial charge in [0.25, 0.3) is 0 Å². The van der Waals surface area contributed by atoms with E-state index in [0.717, 1.165) is 36.4 Å². The van der Waals surface area contributed by atoms with Gasteiger partial charge in [0.05, 0.1) is 18.6 Å². The largest absolute Gasteiger partial charge is 0.496 e. The summed E-state index contributed by atoms with van der Waals surface area (Å²) in [6.07, 6.45) is 1.34. The van der Waals surface area contributed by atoms with Gasteiger partial charge in [0.1, 0.15) is 5.75 Å². The van der Waals surface area contributed by atoms with Crippen molar-refractivity contribution in [2.45, 2.75) is 32.4 Å². The van der Waals surface area contributed by atoms with E-state index < -0.39 is 9.84 Å². The summed E-state index contributed by atoms with van der Waals surface area (Å²) in [5, 5.41) is 6.51. The molecule has 0 saturated carbocycles. The van der Waals surface area contributed by atoms with Crippen molar-refractivity contribution in [3.63, 3.8) is 0 Å². The number of hydrogen-bond acceptors (Lipinski definition) is 4. The number of benzene rings is 2. The molecule has 2 aromatic carbocycles. The number of sulfone groups is 1. The maximum absolute atomic E-state index is 12.3. The van der Waals surface area contributed by atoms with Crippen molar-refractivity contribution in [1.82, 2.24) is 10.6 Å². The quantitative estimate of drug-likeness (QED) is 0.325. The highest BCUT2D eigenvalue weighted by atomic mass is 32.2. The second-order valence-corrected chi connectivity index (χ2v) is 9.36. The lowest BCUT2D eigenvalue weighted by Crippen LogP contribution is -2.38. The Labute approximate surface area is 180 Å². The number of aryl methyl sites for hydroxylation is 1. The maximum atomic E-state index is 12.3. The summed E-state index contributed by atoms with van der Waals surface area (Å²) < 4.78 is 29.9. The Morgan fingerprint density at radius 1 is 1.07 bits per heavy atom. The van der Waals surface area contributed by atoms with Gasteiger partial charge in [-0.1, -0.05) is 42.5 Å². The summed E-state index contributed by atoms with van der Waals surface area (Å²) in [6, 6.07) is 15.5. The molecule has 0 radical (unpaired) electrons. The van der Waals surface area contributed by atoms with Crippen molar-refractivity contribution in [2.24, 2.45) is 4.99 Å². The average Bonchev–Trinajstić information content (AvgIpc) is 2.72. The first kappa shape index (κ1) is 23.7. The van der Waals surface area contributed by atoms with Crippen LogP contribution in [0.25, 0.3) is 0 Å². The Morgan fingerprint density at radius 3 is 2.53 bits per heavy atom. The molecule has 164 valence electrons. The molecule has 0 amide bonds. The van der Waals surface area contributed by atoms with Gasteiger partial charge in [-0.05, 0) is 49.4 Å². The molecule has 0 aliphatic heterocycles. The highest BCUT2D eigenvalue weighted by Crippen LogP contribution is 2.19. The molecule has 2 N–H and O–H groups in total. The van der Waals surface area contributed by atoms with Gasteiger partial charge in [0.2, 0.25) is 0 Å². The number of methoxy groups -OCH3 is 1. The number of nitrogens with one attached hydrogen (secondary N) is 2. The number of rotatable bonds is 11. The van der Waals surface area contributed by atoms with E-state index >= 15 is 0 Å². The maximum Gasteiger partial charge on any atom is 0.191 e. The van der Waals surface area contributed by atoms with Gasteiger partial charge in [0.15, 0.2) is 15.8 Å². The number of ether oxygens (including phenoxy) is 1. The van der Waals surface area contributed by atoms with Crippen LogP contribution in [0.15, 0.2) is 53.5 Å². The summed E-state index contributed by atoms with van der Waals surface area (Å²) in [7, 11) is -1.45. The fourth-order valence-corrected chi connectivity index (χ4v) is 4.48. The van der Waals surface area contributed by atoms with E-state index in [9.17, 15) is 8.42 Å². The second-order valence-electron chi connectivity index (χ2n) is 7.17. The molecule has 0 bridgehead atoms. The van der Waals surface area contributed by atoms with E-state index in [2.05, 4.69) is 33.8 Å². The molecule has 0 spiro atoms. The van der Waals surface area contributed by atoms with Gasteiger partial charge in [-0.15, -0.1) is 0 Å². The Hall–Kier alpha value is -2.54. The van der Waals surface area contributed by atoms with Crippen molar-refractivity contribution in [3.05, 3.63) is 65.2 Å². The first-order valence-corrected chi connectivity index (χ1v) is 12.2. The predicted molar refractivity (Wildman–Crippen MR) is 124 cm³/mol. The molecule has 6 nitrogen and oxygen atoms in total. The van der Waals surface area contributed by atoms with Gasteiger partial charge in [-0.2, -0.15) is 0 Å². The highest BCUT2D eigenvalue weighted by Gasteiger charge is 2.11. The van der Waals surface area contributed by atoms with Crippen LogP contribution in [-0.4, -0.2) is 46.9 Å². The first-order valence-electron chi connectivity index (χ1n) is 10.3. The van der Waals surface area contributed by atoms with Crippen molar-refractivity contribution in [3.8, 4) is 5.75 Å². The monoisotopic (exact) mass is 431 g/mol. The average molecular weight is 432 g/mol. The predicted octanol–water partition coefficient (Wildman–Crippen LogP) is 3.11. The van der Waals surface area contributed by atoms with Crippen LogP contribution in [0.2, 0.25) is 0 Å². The van der Waals surface area contributed by atoms with E-state index in [4.69, 9.17) is 4.74 Å². The zero-order valence-electron chi connectivity index (χ0n) is 18.1. The zero-order chi connectivity index (χ0) is 21.8. The van der Waals surface area contributed by atoms with Crippen molar-refractivity contribution < 1.29 is 13.2 Å². The topological polar surface area (TPSA) is 79.8 Å². The Morgan fingerprint density at radius 2 is 1.83 bits per heavy atom. The van der Waals surface area contributed by atoms with E-state index in [1.165, 1.54) is 5.56 Å². The van der Waals surface area contributed by atoms with E-state index in [1.807, 2.05) is 44.2 Å². The SMILES string of the molecule is CCNC(=NCCCS(=O)(=O)Cc1ccccc1)NCCc1ccc(C)c(OC)c1. The molecule has 0 aliphatic rings. The Kier molecular flexibility index (Phi) is 9.67. The molecule has 0 fully saturated rings. The minimum absolute atomic E-state index is 0.0792. The standard InChI is InChI=1S/C23H33N3O3S/c1-4-24-23(26-15-13-20-12-11-19(2)22(17-20)29-3)25-14-8-16-30(27,28)18-21-9-6-5-7-10-21/h5-7,9-12,17H,4,8,13-16,18H2,1-3H3,(H2,24,25,26). The summed E-state index contributed by atoms with van der Waals surface area (Å²) in [6.45, 7) is 5.96. The van der Waals surface area contributed by atoms with Gasteiger partial charge < -0.3 is 15.4 Å². The summed E-state index contributed by atoms with van der Waals surface area (Å²) in [5.41, 5.74) is 3.13. The van der Waals surface area contributed by atoms with Gasteiger partial charge in [-0.3, -0.25) is 4.99 Å². The number of hydrogen-bond donors (Lipinski definition) is 2. The minimum atomic E-state index is -3.13. The van der Waals surface area contributed by atoms with Crippen LogP contribution < -0.4 is 15.4 Å². The molecule has 0 aromatic heterocycles. The van der Waals surface area contributed by atoms with E-state index in [1.54, 1.807) is 7.11 Å². The molecule has 7 heteroatoms. The molecule has 2 rings (SSSR count). The molecular weight excluding hydrogens is 398 g/mol. The van der Waals surface area contributed by atoms with Crippen molar-refractivity contribution in [2.75, 3.05) is 32.5 Å². The second kappa shape index (κ2) is 12.2. The molecule has 0 aliphatic carbocycles. The van der Waals surface area contributed by atoms with Gasteiger partial charge in [0, 0.05) is 19.6 Å². The highest BCUT2D eigenvalue weighted by molar-refractivity contribution is 7.90. The lowest BCUT2D eigenvalue weighted by Gasteiger charge is -2.12. The normalized spacial score (nSPS) is 11.9. The van der Waals surface area contributed by atoms with Crippen LogP contribution in [0.5, 0.6) is 5.75 Å². The lowest BCUT2D eigenvalue weighted by molar-refractivity contribution is 0.411. The fraction of sp³-hybridized carbons (Fsp3) is 0.435. The van der Waals surface area contributed by atoms with Crippen LogP contribution in [0, 0.1) is 6.92 Å². The van der Waals surface area contributed by atoms with E-state index in [-0.39, 0.29) is 11.5 Å². The smallest absolute Gasteiger partial charge is 0.191 e. The minimum Gasteiger partial charge on any atom is -0.496 e. The summed E-state index contributed by atoms with van der Waals surface area (Å²) in [4.78, 5) is 4.51. The third-order valence-electron chi connectivity index (χ3n) is 4.64. The third kappa shape index (κ3) is 8.45.